The molecule has 0 aliphatic heterocycles. The molecule has 0 aliphatic rings. The molecule has 0 aromatic heterocycles. The second-order valence-electron chi connectivity index (χ2n) is 8.98. The van der Waals surface area contributed by atoms with E-state index in [2.05, 4.69) is 5.48 Å². The molecule has 1 atom stereocenters. The Morgan fingerprint density at radius 3 is 0.891 bits per heavy atom. The molecule has 18 nitrogen and oxygen atoms in total. The molecule has 5 N–H and O–H groups in total. The Morgan fingerprint density at radius 1 is 0.435 bits per heavy atom. The third-order valence-electron chi connectivity index (χ3n) is 5.21. The Bertz CT molecular complexity index is 653. The summed E-state index contributed by atoms with van der Waals surface area (Å²) in [6, 6.07) is -1.33. The number of hydrogen-bond donors (Lipinski definition) is 4. The van der Waals surface area contributed by atoms with Crippen LogP contribution in [0.1, 0.15) is 6.42 Å². The second kappa shape index (κ2) is 37.8. The first kappa shape index (κ1) is 44.4. The zero-order chi connectivity index (χ0) is 33.6. The molecular formula is C28H56N2O16. The molecule has 18 heteroatoms. The lowest BCUT2D eigenvalue weighted by Crippen LogP contribution is -2.39. The molecular weight excluding hydrogens is 620 g/mol. The summed E-state index contributed by atoms with van der Waals surface area (Å²) in [5.41, 5.74) is 7.50. The van der Waals surface area contributed by atoms with Gasteiger partial charge in [-0.1, -0.05) is 0 Å². The molecule has 0 aromatic carbocycles. The molecule has 0 radical (unpaired) electrons. The van der Waals surface area contributed by atoms with Gasteiger partial charge in [-0.2, -0.15) is 5.48 Å². The monoisotopic (exact) mass is 676 g/mol. The maximum absolute atomic E-state index is 10.9. The minimum Gasteiger partial charge on any atom is -0.481 e. The van der Waals surface area contributed by atoms with Gasteiger partial charge in [0.1, 0.15) is 6.04 Å². The van der Waals surface area contributed by atoms with Gasteiger partial charge in [0.05, 0.1) is 158 Å². The van der Waals surface area contributed by atoms with Crippen LogP contribution in [0.4, 0.5) is 0 Å². The highest BCUT2D eigenvalue weighted by Crippen LogP contribution is 1.93. The molecule has 274 valence electrons. The van der Waals surface area contributed by atoms with Crippen molar-refractivity contribution in [2.24, 2.45) is 5.73 Å². The van der Waals surface area contributed by atoms with Crippen LogP contribution in [-0.2, 0) is 66.5 Å². The van der Waals surface area contributed by atoms with Crippen molar-refractivity contribution in [2.45, 2.75) is 12.5 Å². The molecule has 0 rings (SSSR count). The third kappa shape index (κ3) is 36.8. The van der Waals surface area contributed by atoms with Crippen molar-refractivity contribution < 1.29 is 76.7 Å². The van der Waals surface area contributed by atoms with Crippen LogP contribution in [0.2, 0.25) is 0 Å². The Hall–Kier alpha value is -1.62. The quantitative estimate of drug-likeness (QED) is 0.0431. The van der Waals surface area contributed by atoms with E-state index in [-0.39, 0.29) is 13.2 Å². The van der Waals surface area contributed by atoms with Crippen molar-refractivity contribution in [3.05, 3.63) is 0 Å². The lowest BCUT2D eigenvalue weighted by atomic mass is 10.2. The average molecular weight is 677 g/mol. The molecule has 0 spiro atoms. The van der Waals surface area contributed by atoms with Crippen LogP contribution >= 0.6 is 0 Å². The van der Waals surface area contributed by atoms with Crippen LogP contribution in [-0.4, -0.2) is 187 Å². The van der Waals surface area contributed by atoms with Crippen molar-refractivity contribution in [1.82, 2.24) is 5.48 Å². The number of carbonyl (C=O) groups is 2. The lowest BCUT2D eigenvalue weighted by molar-refractivity contribution is -0.151. The highest BCUT2D eigenvalue weighted by atomic mass is 16.7. The summed E-state index contributed by atoms with van der Waals surface area (Å²) in [6.07, 6.45) is -0.593. The van der Waals surface area contributed by atoms with E-state index in [0.717, 1.165) is 0 Å². The molecule has 0 amide bonds. The number of carboxylic acids is 2. The number of hydroxylamine groups is 1. The predicted octanol–water partition coefficient (Wildman–Crippen LogP) is -1.42. The first-order valence-electron chi connectivity index (χ1n) is 15.4. The number of ether oxygens (including phenoxy) is 11. The highest BCUT2D eigenvalue weighted by Gasteiger charge is 2.20. The lowest BCUT2D eigenvalue weighted by Gasteiger charge is -2.12. The minimum absolute atomic E-state index is 0.0580. The van der Waals surface area contributed by atoms with Crippen LogP contribution in [0.3, 0.4) is 0 Å². The van der Waals surface area contributed by atoms with Gasteiger partial charge < -0.3 is 68.1 Å². The summed E-state index contributed by atoms with van der Waals surface area (Å²) in [6.45, 7) is 10.6. The Morgan fingerprint density at radius 2 is 0.674 bits per heavy atom. The largest absolute Gasteiger partial charge is 0.481 e. The Balaban J connectivity index is 3.13. The standard InChI is InChI=1S/C28H56N2O16/c29-1-2-35-3-4-36-5-6-37-7-8-38-9-10-39-11-12-40-13-14-41-15-16-42-17-18-43-19-20-44-21-22-45-23-24-46-30-26(28(33)34)25-27(31)32/h26,30H,1-25,29H2,(H,31,32)(H,33,34)/t26-/m0/s1. The van der Waals surface area contributed by atoms with Crippen LogP contribution in [0.15, 0.2) is 0 Å². The summed E-state index contributed by atoms with van der Waals surface area (Å²) < 4.78 is 59.2. The molecule has 0 heterocycles. The highest BCUT2D eigenvalue weighted by molar-refractivity contribution is 5.80. The van der Waals surface area contributed by atoms with Gasteiger partial charge in [-0.15, -0.1) is 0 Å². The van der Waals surface area contributed by atoms with E-state index in [4.69, 9.17) is 72.9 Å². The number of carboxylic acid groups (broad SMARTS) is 2. The van der Waals surface area contributed by atoms with Crippen molar-refractivity contribution >= 4 is 11.9 Å². The Kier molecular flexibility index (Phi) is 36.5. The van der Waals surface area contributed by atoms with E-state index < -0.39 is 24.4 Å². The summed E-state index contributed by atoms with van der Waals surface area (Å²) in [5.74, 6) is -2.55. The average Bonchev–Trinajstić information content (AvgIpc) is 3.03. The summed E-state index contributed by atoms with van der Waals surface area (Å²) in [5, 5.41) is 17.5. The van der Waals surface area contributed by atoms with Crippen molar-refractivity contribution in [3.63, 3.8) is 0 Å². The smallest absolute Gasteiger partial charge is 0.323 e. The van der Waals surface area contributed by atoms with Crippen LogP contribution in [0.5, 0.6) is 0 Å². The van der Waals surface area contributed by atoms with E-state index in [1.807, 2.05) is 0 Å². The maximum Gasteiger partial charge on any atom is 0.323 e. The van der Waals surface area contributed by atoms with E-state index in [9.17, 15) is 9.59 Å². The summed E-state index contributed by atoms with van der Waals surface area (Å²) in [4.78, 5) is 26.3. The van der Waals surface area contributed by atoms with Crippen LogP contribution in [0.25, 0.3) is 0 Å². The zero-order valence-electron chi connectivity index (χ0n) is 26.9. The van der Waals surface area contributed by atoms with E-state index in [1.54, 1.807) is 0 Å². The van der Waals surface area contributed by atoms with Gasteiger partial charge in [-0.05, 0) is 0 Å². The van der Waals surface area contributed by atoms with E-state index in [0.29, 0.717) is 145 Å². The fraction of sp³-hybridized carbons (Fsp3) is 0.929. The topological polar surface area (TPSA) is 223 Å². The summed E-state index contributed by atoms with van der Waals surface area (Å²) >= 11 is 0. The van der Waals surface area contributed by atoms with Gasteiger partial charge in [0.2, 0.25) is 0 Å². The number of rotatable bonds is 40. The van der Waals surface area contributed by atoms with Gasteiger partial charge in [0, 0.05) is 6.54 Å². The first-order valence-corrected chi connectivity index (χ1v) is 15.4. The molecule has 0 aliphatic carbocycles. The molecule has 0 aromatic rings. The normalized spacial score (nSPS) is 12.1. The van der Waals surface area contributed by atoms with Crippen molar-refractivity contribution in [2.75, 3.05) is 159 Å². The SMILES string of the molecule is NCCOCCOCCOCCOCCOCCOCCOCCOCCOCCOCCOCCON[C@@H](CC(=O)O)C(=O)O. The number of aliphatic carboxylic acids is 2. The predicted molar refractivity (Wildman–Crippen MR) is 161 cm³/mol. The van der Waals surface area contributed by atoms with Gasteiger partial charge >= 0.3 is 11.9 Å². The van der Waals surface area contributed by atoms with Gasteiger partial charge in [-0.3, -0.25) is 14.4 Å². The molecule has 0 unspecified atom stereocenters. The number of hydrogen-bond acceptors (Lipinski definition) is 16. The minimum atomic E-state index is -1.33. The molecule has 46 heavy (non-hydrogen) atoms. The molecule has 0 bridgehead atoms. The fourth-order valence-electron chi connectivity index (χ4n) is 3.00. The number of nitrogens with one attached hydrogen (secondary N) is 1. The zero-order valence-corrected chi connectivity index (χ0v) is 26.9. The molecule has 0 fully saturated rings. The van der Waals surface area contributed by atoms with Crippen LogP contribution in [0, 0.1) is 0 Å². The Labute approximate surface area is 271 Å². The van der Waals surface area contributed by atoms with Gasteiger partial charge in [-0.25, -0.2) is 0 Å². The van der Waals surface area contributed by atoms with Gasteiger partial charge in [0.25, 0.3) is 0 Å². The van der Waals surface area contributed by atoms with Crippen molar-refractivity contribution in [1.29, 1.82) is 0 Å². The van der Waals surface area contributed by atoms with Crippen LogP contribution < -0.4 is 11.2 Å². The molecule has 0 saturated carbocycles. The van der Waals surface area contributed by atoms with E-state index >= 15 is 0 Å². The van der Waals surface area contributed by atoms with Gasteiger partial charge in [0.15, 0.2) is 0 Å². The molecule has 0 saturated heterocycles. The number of nitrogens with two attached hydrogens (primary N) is 1. The second-order valence-corrected chi connectivity index (χ2v) is 8.98. The van der Waals surface area contributed by atoms with Crippen molar-refractivity contribution in [3.8, 4) is 0 Å². The fourth-order valence-corrected chi connectivity index (χ4v) is 3.00. The third-order valence-corrected chi connectivity index (χ3v) is 5.21. The van der Waals surface area contributed by atoms with E-state index in [1.165, 1.54) is 0 Å². The summed E-state index contributed by atoms with van der Waals surface area (Å²) in [7, 11) is 0. The maximum atomic E-state index is 10.9. The first-order chi connectivity index (χ1) is 22.6.